The molecule has 0 saturated carbocycles. The number of ether oxygens (including phenoxy) is 1. The third kappa shape index (κ3) is 2.95. The average Bonchev–Trinajstić information content (AvgIpc) is 2.46. The molecule has 20 heavy (non-hydrogen) atoms. The zero-order valence-electron chi connectivity index (χ0n) is 11.5. The molecule has 2 heterocycles. The average molecular weight is 336 g/mol. The summed E-state index contributed by atoms with van der Waals surface area (Å²) in [6, 6.07) is 8.19. The van der Waals surface area contributed by atoms with E-state index in [-0.39, 0.29) is 6.10 Å². The van der Waals surface area contributed by atoms with E-state index in [4.69, 9.17) is 4.74 Å². The van der Waals surface area contributed by atoms with Crippen molar-refractivity contribution in [3.8, 4) is 0 Å². The lowest BCUT2D eigenvalue weighted by Crippen LogP contribution is -2.43. The van der Waals surface area contributed by atoms with Gasteiger partial charge in [-0.1, -0.05) is 28.1 Å². The number of hydrogen-bond donors (Lipinski definition) is 1. The van der Waals surface area contributed by atoms with Gasteiger partial charge >= 0.3 is 0 Å². The summed E-state index contributed by atoms with van der Waals surface area (Å²) in [6.45, 7) is 3.55. The second kappa shape index (κ2) is 6.08. The largest absolute Gasteiger partial charge is 0.374 e. The highest BCUT2D eigenvalue weighted by Gasteiger charge is 2.17. The molecule has 5 heteroatoms. The molecular weight excluding hydrogens is 318 g/mol. The molecule has 1 unspecified atom stereocenters. The predicted molar refractivity (Wildman–Crippen MR) is 85.2 cm³/mol. The lowest BCUT2D eigenvalue weighted by Gasteiger charge is -2.30. The van der Waals surface area contributed by atoms with Gasteiger partial charge in [-0.15, -0.1) is 0 Å². The number of rotatable bonds is 3. The summed E-state index contributed by atoms with van der Waals surface area (Å²) < 4.78 is 6.86. The van der Waals surface area contributed by atoms with Crippen molar-refractivity contribution in [2.75, 3.05) is 38.6 Å². The molecule has 1 atom stereocenters. The molecule has 106 valence electrons. The van der Waals surface area contributed by atoms with E-state index in [9.17, 15) is 0 Å². The number of fused-ring (bicyclic) bond motifs is 1. The van der Waals surface area contributed by atoms with E-state index in [2.05, 4.69) is 44.2 Å². The fourth-order valence-corrected chi connectivity index (χ4v) is 3.01. The van der Waals surface area contributed by atoms with Crippen LogP contribution in [-0.4, -0.2) is 49.3 Å². The Morgan fingerprint density at radius 2 is 2.30 bits per heavy atom. The number of morpholine rings is 1. The predicted octanol–water partition coefficient (Wildman–Crippen LogP) is 2.74. The van der Waals surface area contributed by atoms with Gasteiger partial charge in [-0.05, 0) is 19.2 Å². The van der Waals surface area contributed by atoms with Gasteiger partial charge in [-0.2, -0.15) is 0 Å². The Morgan fingerprint density at radius 3 is 3.15 bits per heavy atom. The molecule has 1 fully saturated rings. The molecule has 1 N–H and O–H groups in total. The summed E-state index contributed by atoms with van der Waals surface area (Å²) >= 11 is 3.58. The third-order valence-corrected chi connectivity index (χ3v) is 4.28. The van der Waals surface area contributed by atoms with Crippen molar-refractivity contribution in [3.05, 3.63) is 34.9 Å². The van der Waals surface area contributed by atoms with Gasteiger partial charge in [0, 0.05) is 41.1 Å². The second-order valence-corrected chi connectivity index (χ2v) is 5.98. The molecule has 1 aliphatic rings. The zero-order valence-corrected chi connectivity index (χ0v) is 13.1. The topological polar surface area (TPSA) is 37.4 Å². The van der Waals surface area contributed by atoms with Crippen molar-refractivity contribution in [1.82, 2.24) is 9.88 Å². The maximum atomic E-state index is 5.76. The molecular formula is C15H18BrN3O. The Kier molecular flexibility index (Phi) is 4.19. The van der Waals surface area contributed by atoms with Gasteiger partial charge in [0.1, 0.15) is 5.82 Å². The normalized spacial score (nSPS) is 20.2. The minimum Gasteiger partial charge on any atom is -0.374 e. The molecule has 3 rings (SSSR count). The molecule has 1 aromatic carbocycles. The van der Waals surface area contributed by atoms with Crippen molar-refractivity contribution in [3.63, 3.8) is 0 Å². The molecule has 0 amide bonds. The first-order valence-electron chi connectivity index (χ1n) is 6.81. The Hall–Kier alpha value is -1.17. The molecule has 2 aromatic rings. The lowest BCUT2D eigenvalue weighted by atomic mass is 10.1. The van der Waals surface area contributed by atoms with E-state index >= 15 is 0 Å². The minimum absolute atomic E-state index is 0.220. The summed E-state index contributed by atoms with van der Waals surface area (Å²) in [6.07, 6.45) is 2.06. The first-order chi connectivity index (χ1) is 9.74. The van der Waals surface area contributed by atoms with E-state index < -0.39 is 0 Å². The van der Waals surface area contributed by atoms with Crippen LogP contribution in [0.2, 0.25) is 0 Å². The number of halogens is 1. The zero-order chi connectivity index (χ0) is 13.9. The minimum atomic E-state index is 0.220. The Bertz CT molecular complexity index is 605. The number of anilines is 1. The summed E-state index contributed by atoms with van der Waals surface area (Å²) in [5.74, 6) is 0.917. The number of benzene rings is 1. The van der Waals surface area contributed by atoms with Crippen LogP contribution in [0, 0.1) is 0 Å². The molecule has 0 bridgehead atoms. The Labute approximate surface area is 127 Å². The third-order valence-electron chi connectivity index (χ3n) is 3.59. The number of aromatic nitrogens is 1. The van der Waals surface area contributed by atoms with Gasteiger partial charge in [0.05, 0.1) is 12.7 Å². The molecule has 1 aromatic heterocycles. The van der Waals surface area contributed by atoms with E-state index in [1.54, 1.807) is 0 Å². The highest BCUT2D eigenvalue weighted by molar-refractivity contribution is 9.10. The van der Waals surface area contributed by atoms with E-state index in [0.717, 1.165) is 41.9 Å². The molecule has 0 radical (unpaired) electrons. The highest BCUT2D eigenvalue weighted by Crippen LogP contribution is 2.27. The smallest absolute Gasteiger partial charge is 0.133 e. The maximum absolute atomic E-state index is 5.76. The van der Waals surface area contributed by atoms with Crippen LogP contribution in [0.4, 0.5) is 5.82 Å². The molecule has 0 spiro atoms. The fourth-order valence-electron chi connectivity index (χ4n) is 2.51. The highest BCUT2D eigenvalue weighted by atomic mass is 79.9. The second-order valence-electron chi connectivity index (χ2n) is 5.13. The molecule has 0 aliphatic carbocycles. The van der Waals surface area contributed by atoms with Crippen LogP contribution >= 0.6 is 15.9 Å². The SMILES string of the molecule is CN1CCOC(CNc2nccc3c(Br)cccc23)C1. The summed E-state index contributed by atoms with van der Waals surface area (Å²) in [5.41, 5.74) is 0. The van der Waals surface area contributed by atoms with Gasteiger partial charge in [0.25, 0.3) is 0 Å². The maximum Gasteiger partial charge on any atom is 0.133 e. The van der Waals surface area contributed by atoms with Crippen LogP contribution in [0.15, 0.2) is 34.9 Å². The first kappa shape index (κ1) is 13.8. The molecule has 4 nitrogen and oxygen atoms in total. The Balaban J connectivity index is 1.76. The van der Waals surface area contributed by atoms with Crippen LogP contribution in [0.25, 0.3) is 10.8 Å². The van der Waals surface area contributed by atoms with Crippen molar-refractivity contribution >= 4 is 32.5 Å². The standard InChI is InChI=1S/C15H18BrN3O/c1-19-7-8-20-11(10-19)9-18-15-13-3-2-4-14(16)12(13)5-6-17-15/h2-6,11H,7-10H2,1H3,(H,17,18). The summed E-state index contributed by atoms with van der Waals surface area (Å²) in [5, 5.41) is 5.72. The molecule has 1 aliphatic heterocycles. The lowest BCUT2D eigenvalue weighted by molar-refractivity contribution is -0.0117. The number of likely N-dealkylation sites (N-methyl/N-ethyl adjacent to an activating group) is 1. The van der Waals surface area contributed by atoms with Crippen LogP contribution in [0.3, 0.4) is 0 Å². The number of hydrogen-bond acceptors (Lipinski definition) is 4. The van der Waals surface area contributed by atoms with Crippen LogP contribution < -0.4 is 5.32 Å². The van der Waals surface area contributed by atoms with Crippen molar-refractivity contribution in [2.45, 2.75) is 6.10 Å². The van der Waals surface area contributed by atoms with Crippen molar-refractivity contribution in [2.24, 2.45) is 0 Å². The summed E-state index contributed by atoms with van der Waals surface area (Å²) in [7, 11) is 2.13. The van der Waals surface area contributed by atoms with Gasteiger partial charge in [-0.3, -0.25) is 0 Å². The van der Waals surface area contributed by atoms with Gasteiger partial charge in [0.2, 0.25) is 0 Å². The van der Waals surface area contributed by atoms with Crippen molar-refractivity contribution < 1.29 is 4.74 Å². The number of pyridine rings is 1. The van der Waals surface area contributed by atoms with E-state index in [1.807, 2.05) is 24.4 Å². The van der Waals surface area contributed by atoms with Crippen molar-refractivity contribution in [1.29, 1.82) is 0 Å². The quantitative estimate of drug-likeness (QED) is 0.935. The van der Waals surface area contributed by atoms with Gasteiger partial charge in [-0.25, -0.2) is 4.98 Å². The first-order valence-corrected chi connectivity index (χ1v) is 7.60. The van der Waals surface area contributed by atoms with E-state index in [1.165, 1.54) is 5.39 Å². The van der Waals surface area contributed by atoms with Crippen LogP contribution in [-0.2, 0) is 4.74 Å². The number of nitrogens with one attached hydrogen (secondary N) is 1. The van der Waals surface area contributed by atoms with Crippen LogP contribution in [0.1, 0.15) is 0 Å². The van der Waals surface area contributed by atoms with E-state index in [0.29, 0.717) is 0 Å². The molecule has 1 saturated heterocycles. The van der Waals surface area contributed by atoms with Gasteiger partial charge in [0.15, 0.2) is 0 Å². The van der Waals surface area contributed by atoms with Crippen LogP contribution in [0.5, 0.6) is 0 Å². The van der Waals surface area contributed by atoms with Gasteiger partial charge < -0.3 is 15.0 Å². The summed E-state index contributed by atoms with van der Waals surface area (Å²) in [4.78, 5) is 6.74. The Morgan fingerprint density at radius 1 is 1.40 bits per heavy atom. The number of nitrogens with zero attached hydrogens (tertiary/aromatic N) is 2. The fraction of sp³-hybridized carbons (Fsp3) is 0.400. The monoisotopic (exact) mass is 335 g/mol.